The molecule has 0 saturated carbocycles. The highest BCUT2D eigenvalue weighted by atomic mass is 32.2. The van der Waals surface area contributed by atoms with Crippen molar-refractivity contribution in [3.05, 3.63) is 60.0 Å². The summed E-state index contributed by atoms with van der Waals surface area (Å²) in [4.78, 5) is 12.4. The Balaban J connectivity index is 2.12. The van der Waals surface area contributed by atoms with E-state index in [0.717, 1.165) is 21.2 Å². The Labute approximate surface area is 158 Å². The lowest BCUT2D eigenvalue weighted by molar-refractivity contribution is -0.121. The minimum atomic E-state index is -3.73. The molecule has 0 saturated heterocycles. The minimum Gasteiger partial charge on any atom is -0.496 e. The van der Waals surface area contributed by atoms with Gasteiger partial charge in [-0.05, 0) is 24.4 Å². The van der Waals surface area contributed by atoms with E-state index in [2.05, 4.69) is 11.9 Å². The van der Waals surface area contributed by atoms with E-state index in [1.54, 1.807) is 18.6 Å². The zero-order chi connectivity index (χ0) is 19.2. The molecule has 1 N–H and O–H groups in total. The molecule has 6 nitrogen and oxygen atoms in total. The van der Waals surface area contributed by atoms with Gasteiger partial charge in [0.05, 0.1) is 19.7 Å². The molecule has 2 aromatic rings. The Morgan fingerprint density at radius 3 is 2.69 bits per heavy atom. The molecule has 0 aliphatic heterocycles. The summed E-state index contributed by atoms with van der Waals surface area (Å²) >= 11 is 1.11. The van der Waals surface area contributed by atoms with Crippen molar-refractivity contribution in [2.45, 2.75) is 17.2 Å². The van der Waals surface area contributed by atoms with E-state index in [1.165, 1.54) is 12.1 Å². The molecule has 0 aliphatic carbocycles. The van der Waals surface area contributed by atoms with E-state index in [9.17, 15) is 13.2 Å². The highest BCUT2D eigenvalue weighted by molar-refractivity contribution is 7.91. The topological polar surface area (TPSA) is 75.7 Å². The third-order valence-electron chi connectivity index (χ3n) is 3.72. The van der Waals surface area contributed by atoms with Crippen LogP contribution in [0.1, 0.15) is 18.5 Å². The summed E-state index contributed by atoms with van der Waals surface area (Å²) < 4.78 is 31.9. The Morgan fingerprint density at radius 1 is 1.35 bits per heavy atom. The molecule has 0 aliphatic rings. The molecule has 1 aromatic heterocycles. The molecule has 1 heterocycles. The monoisotopic (exact) mass is 394 g/mol. The first-order chi connectivity index (χ1) is 12.4. The molecule has 0 spiro atoms. The van der Waals surface area contributed by atoms with Gasteiger partial charge in [-0.1, -0.05) is 30.3 Å². The van der Waals surface area contributed by atoms with Crippen LogP contribution in [-0.2, 0) is 14.8 Å². The van der Waals surface area contributed by atoms with Gasteiger partial charge in [0.15, 0.2) is 0 Å². The van der Waals surface area contributed by atoms with Crippen LogP contribution in [0.25, 0.3) is 0 Å². The molecule has 1 aromatic carbocycles. The maximum absolute atomic E-state index is 12.7. The molecule has 8 heteroatoms. The number of carbonyl (C=O) groups is 1. The number of para-hydroxylation sites is 1. The number of nitrogens with one attached hydrogen (secondary N) is 1. The van der Waals surface area contributed by atoms with E-state index in [4.69, 9.17) is 4.74 Å². The van der Waals surface area contributed by atoms with Crippen LogP contribution < -0.4 is 10.1 Å². The fourth-order valence-electron chi connectivity index (χ4n) is 2.48. The van der Waals surface area contributed by atoms with E-state index < -0.39 is 15.9 Å². The molecule has 0 radical (unpaired) electrons. The van der Waals surface area contributed by atoms with Crippen molar-refractivity contribution in [1.82, 2.24) is 9.62 Å². The summed E-state index contributed by atoms with van der Waals surface area (Å²) in [5.74, 6) is 0.264. The van der Waals surface area contributed by atoms with Gasteiger partial charge in [0, 0.05) is 12.1 Å². The number of sulfonamides is 1. The number of thiophene rings is 1. The summed E-state index contributed by atoms with van der Waals surface area (Å²) in [6.07, 6.45) is 1.46. The van der Waals surface area contributed by atoms with Crippen molar-refractivity contribution in [2.75, 3.05) is 20.2 Å². The first-order valence-corrected chi connectivity index (χ1v) is 10.3. The Hall–Kier alpha value is -2.16. The molecule has 0 fully saturated rings. The van der Waals surface area contributed by atoms with E-state index in [-0.39, 0.29) is 23.3 Å². The molecule has 140 valence electrons. The highest BCUT2D eigenvalue weighted by Crippen LogP contribution is 2.24. The van der Waals surface area contributed by atoms with Crippen LogP contribution in [-0.4, -0.2) is 38.8 Å². The van der Waals surface area contributed by atoms with Crippen molar-refractivity contribution in [1.29, 1.82) is 0 Å². The van der Waals surface area contributed by atoms with Crippen LogP contribution in [0.3, 0.4) is 0 Å². The molecule has 26 heavy (non-hydrogen) atoms. The number of amides is 1. The van der Waals surface area contributed by atoms with Gasteiger partial charge >= 0.3 is 0 Å². The standard InChI is InChI=1S/C18H22N2O4S2/c1-4-11-20(26(22,23)18-10-7-12-25-18)13-17(21)19-14(2)15-8-5-6-9-16(15)24-3/h4-10,12,14H,1,11,13H2,2-3H3,(H,19,21). The molecule has 1 amide bonds. The second-order valence-corrected chi connectivity index (χ2v) is 8.66. The predicted octanol–water partition coefficient (Wildman–Crippen LogP) is 2.81. The normalized spacial score (nSPS) is 12.6. The van der Waals surface area contributed by atoms with Crippen molar-refractivity contribution in [3.63, 3.8) is 0 Å². The first kappa shape index (κ1) is 20.2. The number of carbonyl (C=O) groups excluding carboxylic acids is 1. The Kier molecular flexibility index (Phi) is 6.96. The van der Waals surface area contributed by atoms with Crippen LogP contribution in [0.4, 0.5) is 0 Å². The fraction of sp³-hybridized carbons (Fsp3) is 0.278. The van der Waals surface area contributed by atoms with Gasteiger partial charge in [-0.3, -0.25) is 4.79 Å². The SMILES string of the molecule is C=CCN(CC(=O)NC(C)c1ccccc1OC)S(=O)(=O)c1cccs1. The Morgan fingerprint density at radius 2 is 2.08 bits per heavy atom. The maximum Gasteiger partial charge on any atom is 0.253 e. The van der Waals surface area contributed by atoms with Crippen molar-refractivity contribution >= 4 is 27.3 Å². The summed E-state index contributed by atoms with van der Waals surface area (Å²) in [6.45, 7) is 5.17. The van der Waals surface area contributed by atoms with Gasteiger partial charge in [-0.15, -0.1) is 17.9 Å². The maximum atomic E-state index is 12.7. The number of hydrogen-bond donors (Lipinski definition) is 1. The Bertz CT molecular complexity index is 848. The van der Waals surface area contributed by atoms with Gasteiger partial charge in [0.1, 0.15) is 9.96 Å². The average molecular weight is 395 g/mol. The van der Waals surface area contributed by atoms with Gasteiger partial charge in [0.25, 0.3) is 10.0 Å². The van der Waals surface area contributed by atoms with Crippen LogP contribution in [0, 0.1) is 0 Å². The molecular formula is C18H22N2O4S2. The number of nitrogens with zero attached hydrogens (tertiary/aromatic N) is 1. The third-order valence-corrected chi connectivity index (χ3v) is 6.91. The smallest absolute Gasteiger partial charge is 0.253 e. The first-order valence-electron chi connectivity index (χ1n) is 7.97. The quantitative estimate of drug-likeness (QED) is 0.664. The van der Waals surface area contributed by atoms with Crippen LogP contribution in [0.2, 0.25) is 0 Å². The zero-order valence-electron chi connectivity index (χ0n) is 14.7. The summed E-state index contributed by atoms with van der Waals surface area (Å²) in [5.41, 5.74) is 0.819. The number of hydrogen-bond acceptors (Lipinski definition) is 5. The van der Waals surface area contributed by atoms with Crippen molar-refractivity contribution in [2.24, 2.45) is 0 Å². The number of rotatable bonds is 9. The summed E-state index contributed by atoms with van der Waals surface area (Å²) in [6, 6.07) is 10.2. The summed E-state index contributed by atoms with van der Waals surface area (Å²) in [7, 11) is -2.17. The molecule has 0 bridgehead atoms. The van der Waals surface area contributed by atoms with Gasteiger partial charge in [0.2, 0.25) is 5.91 Å². The lowest BCUT2D eigenvalue weighted by Gasteiger charge is -2.22. The number of methoxy groups -OCH3 is 1. The second-order valence-electron chi connectivity index (χ2n) is 5.55. The number of ether oxygens (including phenoxy) is 1. The second kappa shape index (κ2) is 8.98. The third kappa shape index (κ3) is 4.72. The molecule has 2 rings (SSSR count). The summed E-state index contributed by atoms with van der Waals surface area (Å²) in [5, 5.41) is 4.50. The van der Waals surface area contributed by atoms with E-state index in [1.807, 2.05) is 31.2 Å². The minimum absolute atomic E-state index is 0.0523. The van der Waals surface area contributed by atoms with Gasteiger partial charge in [-0.2, -0.15) is 4.31 Å². The molecule has 1 unspecified atom stereocenters. The highest BCUT2D eigenvalue weighted by Gasteiger charge is 2.27. The largest absolute Gasteiger partial charge is 0.496 e. The average Bonchev–Trinajstić information content (AvgIpc) is 3.16. The van der Waals surface area contributed by atoms with Crippen LogP contribution in [0.5, 0.6) is 5.75 Å². The van der Waals surface area contributed by atoms with E-state index >= 15 is 0 Å². The van der Waals surface area contributed by atoms with Crippen LogP contribution in [0.15, 0.2) is 58.6 Å². The van der Waals surface area contributed by atoms with Gasteiger partial charge in [-0.25, -0.2) is 8.42 Å². The van der Waals surface area contributed by atoms with E-state index in [0.29, 0.717) is 5.75 Å². The number of benzene rings is 1. The fourth-order valence-corrected chi connectivity index (χ4v) is 4.99. The molecule has 1 atom stereocenters. The zero-order valence-corrected chi connectivity index (χ0v) is 16.3. The molecular weight excluding hydrogens is 372 g/mol. The predicted molar refractivity (Wildman–Crippen MR) is 103 cm³/mol. The van der Waals surface area contributed by atoms with Crippen molar-refractivity contribution < 1.29 is 17.9 Å². The lowest BCUT2D eigenvalue weighted by Crippen LogP contribution is -2.41. The van der Waals surface area contributed by atoms with Gasteiger partial charge < -0.3 is 10.1 Å². The van der Waals surface area contributed by atoms with Crippen LogP contribution >= 0.6 is 11.3 Å². The van der Waals surface area contributed by atoms with Crippen molar-refractivity contribution in [3.8, 4) is 5.75 Å². The lowest BCUT2D eigenvalue weighted by atomic mass is 10.1.